The molecule has 19 heavy (non-hydrogen) atoms. The van der Waals surface area contributed by atoms with E-state index in [1.807, 2.05) is 0 Å². The number of primary amides is 1. The average Bonchev–Trinajstić information content (AvgIpc) is 2.36. The predicted octanol–water partition coefficient (Wildman–Crippen LogP) is -0.274. The lowest BCUT2D eigenvalue weighted by Crippen LogP contribution is -2.24. The lowest BCUT2D eigenvalue weighted by atomic mass is 10.2. The van der Waals surface area contributed by atoms with Crippen LogP contribution in [0.4, 0.5) is 0 Å². The van der Waals surface area contributed by atoms with Gasteiger partial charge >= 0.3 is 0 Å². The van der Waals surface area contributed by atoms with E-state index in [1.54, 1.807) is 18.2 Å². The number of hydrogen-bond donors (Lipinski definition) is 3. The van der Waals surface area contributed by atoms with Gasteiger partial charge in [-0.1, -0.05) is 0 Å². The number of methoxy groups -OCH3 is 1. The van der Waals surface area contributed by atoms with E-state index in [0.29, 0.717) is 11.5 Å². The number of hydrazone groups is 1. The van der Waals surface area contributed by atoms with Crippen molar-refractivity contribution in [2.75, 3.05) is 13.7 Å². The molecule has 0 unspecified atom stereocenters. The number of ether oxygens (including phenoxy) is 2. The third-order valence-electron chi connectivity index (χ3n) is 1.95. The number of amides is 1. The number of benzene rings is 1. The Bertz CT molecular complexity index is 505. The first kappa shape index (κ1) is 14.7. The molecule has 1 aromatic carbocycles. The summed E-state index contributed by atoms with van der Waals surface area (Å²) in [5.41, 5.74) is 13.4. The summed E-state index contributed by atoms with van der Waals surface area (Å²) in [6, 6.07) is 5.05. The first-order chi connectivity index (χ1) is 9.02. The maximum Gasteiger partial charge on any atom is 0.255 e. The molecule has 0 bridgehead atoms. The highest BCUT2D eigenvalue weighted by atomic mass is 32.1. The molecule has 1 aromatic rings. The average molecular weight is 282 g/mol. The van der Waals surface area contributed by atoms with Crippen LogP contribution in [-0.4, -0.2) is 31.0 Å². The van der Waals surface area contributed by atoms with Crippen LogP contribution in [0.2, 0.25) is 0 Å². The Hall–Kier alpha value is -2.35. The molecular formula is C11H14N4O3S. The Morgan fingerprint density at radius 3 is 2.79 bits per heavy atom. The number of nitrogens with zero attached hydrogens (tertiary/aromatic N) is 1. The summed E-state index contributed by atoms with van der Waals surface area (Å²) in [6.45, 7) is -0.215. The van der Waals surface area contributed by atoms with Crippen molar-refractivity contribution in [2.24, 2.45) is 16.6 Å². The van der Waals surface area contributed by atoms with Crippen LogP contribution in [0.25, 0.3) is 0 Å². The van der Waals surface area contributed by atoms with Crippen LogP contribution in [0.15, 0.2) is 23.3 Å². The number of carbonyl (C=O) groups excluding carboxylic acids is 1. The van der Waals surface area contributed by atoms with Gasteiger partial charge < -0.3 is 20.9 Å². The van der Waals surface area contributed by atoms with Crippen LogP contribution in [0.5, 0.6) is 11.5 Å². The van der Waals surface area contributed by atoms with Gasteiger partial charge in [0, 0.05) is 0 Å². The van der Waals surface area contributed by atoms with Crippen LogP contribution in [-0.2, 0) is 4.79 Å². The number of thiocarbonyl (C=S) groups is 1. The third-order valence-corrected chi connectivity index (χ3v) is 2.04. The molecule has 1 rings (SSSR count). The van der Waals surface area contributed by atoms with Crippen molar-refractivity contribution < 1.29 is 14.3 Å². The molecule has 0 spiro atoms. The van der Waals surface area contributed by atoms with E-state index < -0.39 is 5.91 Å². The molecule has 0 aromatic heterocycles. The van der Waals surface area contributed by atoms with Crippen LogP contribution in [0.3, 0.4) is 0 Å². The zero-order valence-corrected chi connectivity index (χ0v) is 11.1. The molecule has 8 heteroatoms. The van der Waals surface area contributed by atoms with Crippen LogP contribution in [0, 0.1) is 0 Å². The Balaban J connectivity index is 2.80. The molecule has 0 aliphatic heterocycles. The summed E-state index contributed by atoms with van der Waals surface area (Å²) in [6.07, 6.45) is 1.51. The highest BCUT2D eigenvalue weighted by Crippen LogP contribution is 2.27. The van der Waals surface area contributed by atoms with Gasteiger partial charge in [-0.25, -0.2) is 0 Å². The van der Waals surface area contributed by atoms with E-state index in [1.165, 1.54) is 13.3 Å². The summed E-state index contributed by atoms with van der Waals surface area (Å²) in [5.74, 6) is 0.314. The number of nitrogens with one attached hydrogen (secondary N) is 1. The summed E-state index contributed by atoms with van der Waals surface area (Å²) >= 11 is 4.60. The van der Waals surface area contributed by atoms with Crippen molar-refractivity contribution in [3.8, 4) is 11.5 Å². The highest BCUT2D eigenvalue weighted by molar-refractivity contribution is 7.80. The quantitative estimate of drug-likeness (QED) is 0.376. The van der Waals surface area contributed by atoms with Crippen LogP contribution < -0.4 is 26.4 Å². The fourth-order valence-corrected chi connectivity index (χ4v) is 1.26. The first-order valence-electron chi connectivity index (χ1n) is 5.20. The minimum Gasteiger partial charge on any atom is -0.493 e. The first-order valence-corrected chi connectivity index (χ1v) is 5.61. The van der Waals surface area contributed by atoms with Gasteiger partial charge in [0.2, 0.25) is 0 Å². The lowest BCUT2D eigenvalue weighted by Gasteiger charge is -2.09. The van der Waals surface area contributed by atoms with Crippen molar-refractivity contribution in [1.29, 1.82) is 0 Å². The fourth-order valence-electron chi connectivity index (χ4n) is 1.20. The molecule has 0 heterocycles. The number of nitrogens with two attached hydrogens (primary N) is 2. The highest BCUT2D eigenvalue weighted by Gasteiger charge is 2.06. The van der Waals surface area contributed by atoms with Crippen molar-refractivity contribution in [1.82, 2.24) is 5.43 Å². The zero-order chi connectivity index (χ0) is 14.3. The fraction of sp³-hybridized carbons (Fsp3) is 0.182. The molecule has 0 fully saturated rings. The van der Waals surface area contributed by atoms with E-state index in [9.17, 15) is 4.79 Å². The van der Waals surface area contributed by atoms with Gasteiger partial charge in [-0.15, -0.1) is 0 Å². The van der Waals surface area contributed by atoms with E-state index >= 15 is 0 Å². The zero-order valence-electron chi connectivity index (χ0n) is 10.3. The Labute approximate surface area is 115 Å². The molecule has 0 aliphatic carbocycles. The normalized spacial score (nSPS) is 10.2. The summed E-state index contributed by atoms with van der Waals surface area (Å²) in [7, 11) is 1.49. The second-order valence-corrected chi connectivity index (χ2v) is 3.84. The van der Waals surface area contributed by atoms with E-state index in [4.69, 9.17) is 20.9 Å². The lowest BCUT2D eigenvalue weighted by molar-refractivity contribution is -0.119. The third kappa shape index (κ3) is 5.21. The smallest absolute Gasteiger partial charge is 0.255 e. The molecule has 0 atom stereocenters. The van der Waals surface area contributed by atoms with Gasteiger partial charge in [-0.05, 0) is 36.0 Å². The monoisotopic (exact) mass is 282 g/mol. The SMILES string of the molecule is COc1cc(C=NNC(N)=S)ccc1OCC(N)=O. The van der Waals surface area contributed by atoms with Gasteiger partial charge in [0.1, 0.15) is 0 Å². The topological polar surface area (TPSA) is 112 Å². The van der Waals surface area contributed by atoms with Crippen molar-refractivity contribution >= 4 is 29.5 Å². The van der Waals surface area contributed by atoms with Gasteiger partial charge in [-0.2, -0.15) is 5.10 Å². The number of rotatable bonds is 6. The Kier molecular flexibility index (Phi) is 5.55. The minimum atomic E-state index is -0.562. The molecular weight excluding hydrogens is 268 g/mol. The second-order valence-electron chi connectivity index (χ2n) is 3.40. The molecule has 0 saturated heterocycles. The van der Waals surface area contributed by atoms with E-state index in [-0.39, 0.29) is 11.7 Å². The summed E-state index contributed by atoms with van der Waals surface area (Å²) in [5, 5.41) is 3.88. The summed E-state index contributed by atoms with van der Waals surface area (Å²) in [4.78, 5) is 10.6. The molecule has 0 saturated carbocycles. The van der Waals surface area contributed by atoms with Crippen LogP contribution in [0.1, 0.15) is 5.56 Å². The van der Waals surface area contributed by atoms with E-state index in [2.05, 4.69) is 22.7 Å². The molecule has 7 nitrogen and oxygen atoms in total. The second kappa shape index (κ2) is 7.17. The van der Waals surface area contributed by atoms with Crippen molar-refractivity contribution in [3.63, 3.8) is 0 Å². The molecule has 0 aliphatic rings. The maximum absolute atomic E-state index is 10.6. The molecule has 5 N–H and O–H groups in total. The minimum absolute atomic E-state index is 0.0737. The van der Waals surface area contributed by atoms with Gasteiger partial charge in [-0.3, -0.25) is 10.2 Å². The van der Waals surface area contributed by atoms with Crippen molar-refractivity contribution in [3.05, 3.63) is 23.8 Å². The van der Waals surface area contributed by atoms with E-state index in [0.717, 1.165) is 5.56 Å². The predicted molar refractivity (Wildman–Crippen MR) is 75.2 cm³/mol. The number of carbonyl (C=O) groups is 1. The Morgan fingerprint density at radius 2 is 2.21 bits per heavy atom. The maximum atomic E-state index is 10.6. The molecule has 1 amide bonds. The largest absolute Gasteiger partial charge is 0.493 e. The molecule has 0 radical (unpaired) electrons. The van der Waals surface area contributed by atoms with Gasteiger partial charge in [0.25, 0.3) is 5.91 Å². The van der Waals surface area contributed by atoms with Gasteiger partial charge in [0.15, 0.2) is 23.2 Å². The van der Waals surface area contributed by atoms with Gasteiger partial charge in [0.05, 0.1) is 13.3 Å². The van der Waals surface area contributed by atoms with Crippen molar-refractivity contribution in [2.45, 2.75) is 0 Å². The standard InChI is InChI=1S/C11H14N4O3S/c1-17-9-4-7(5-14-15-11(13)19)2-3-8(9)18-6-10(12)16/h2-5H,6H2,1H3,(H2,12,16)(H3,13,15,19). The Morgan fingerprint density at radius 1 is 1.47 bits per heavy atom. The molecule has 102 valence electrons. The summed E-state index contributed by atoms with van der Waals surface area (Å²) < 4.78 is 10.3. The van der Waals surface area contributed by atoms with Crippen LogP contribution >= 0.6 is 12.2 Å². The number of hydrogen-bond acceptors (Lipinski definition) is 5.